The van der Waals surface area contributed by atoms with Crippen molar-refractivity contribution in [2.75, 3.05) is 0 Å². The number of rotatable bonds is 3. The Balaban J connectivity index is 2.36. The third-order valence-electron chi connectivity index (χ3n) is 2.38. The molecule has 2 rings (SSSR count). The predicted molar refractivity (Wildman–Crippen MR) is 61.3 cm³/mol. The van der Waals surface area contributed by atoms with E-state index in [0.29, 0.717) is 0 Å². The number of hydrogen-bond donors (Lipinski definition) is 1. The van der Waals surface area contributed by atoms with E-state index in [4.69, 9.17) is 5.26 Å². The molecule has 1 aromatic heterocycles. The van der Waals surface area contributed by atoms with Crippen molar-refractivity contribution in [2.45, 2.75) is 6.04 Å². The summed E-state index contributed by atoms with van der Waals surface area (Å²) in [7, 11) is 0. The molecule has 1 N–H and O–H groups in total. The number of benzene rings is 1. The van der Waals surface area contributed by atoms with E-state index in [1.807, 2.05) is 48.7 Å². The second-order valence-electron chi connectivity index (χ2n) is 3.38. The van der Waals surface area contributed by atoms with E-state index in [1.165, 1.54) is 0 Å². The van der Waals surface area contributed by atoms with Crippen molar-refractivity contribution in [3.05, 3.63) is 66.0 Å². The van der Waals surface area contributed by atoms with Gasteiger partial charge in [-0.2, -0.15) is 5.26 Å². The van der Waals surface area contributed by atoms with Crippen molar-refractivity contribution in [3.63, 3.8) is 0 Å². The zero-order chi connectivity index (χ0) is 11.2. The summed E-state index contributed by atoms with van der Waals surface area (Å²) in [5.74, 6) is 0. The maximum atomic E-state index is 8.78. The fraction of sp³-hybridized carbons (Fsp3) is 0.0769. The van der Waals surface area contributed by atoms with Gasteiger partial charge in [-0.1, -0.05) is 30.3 Å². The Labute approximate surface area is 94.4 Å². The van der Waals surface area contributed by atoms with E-state index in [2.05, 4.69) is 10.3 Å². The summed E-state index contributed by atoms with van der Waals surface area (Å²) in [6.07, 6.45) is 5.45. The Bertz CT molecular complexity index is 434. The maximum absolute atomic E-state index is 8.78. The van der Waals surface area contributed by atoms with Gasteiger partial charge in [-0.15, -0.1) is 0 Å². The van der Waals surface area contributed by atoms with Crippen molar-refractivity contribution < 1.29 is 0 Å². The molecule has 1 unspecified atom stereocenters. The number of aromatic nitrogens is 1. The van der Waals surface area contributed by atoms with Crippen molar-refractivity contribution >= 4 is 0 Å². The molecule has 3 nitrogen and oxygen atoms in total. The van der Waals surface area contributed by atoms with Crippen LogP contribution >= 0.6 is 0 Å². The minimum atomic E-state index is -0.103. The molecule has 1 heterocycles. The first kappa shape index (κ1) is 10.2. The molecule has 0 spiro atoms. The molecule has 78 valence electrons. The van der Waals surface area contributed by atoms with Crippen LogP contribution in [0.5, 0.6) is 0 Å². The first-order valence-electron chi connectivity index (χ1n) is 5.01. The van der Waals surface area contributed by atoms with Crippen molar-refractivity contribution in [1.82, 2.24) is 10.3 Å². The normalized spacial score (nSPS) is 11.4. The van der Waals surface area contributed by atoms with Gasteiger partial charge >= 0.3 is 0 Å². The van der Waals surface area contributed by atoms with Crippen LogP contribution in [0.25, 0.3) is 0 Å². The van der Waals surface area contributed by atoms with Gasteiger partial charge in [0.1, 0.15) is 0 Å². The van der Waals surface area contributed by atoms with Crippen molar-refractivity contribution in [3.8, 4) is 6.19 Å². The topological polar surface area (TPSA) is 48.7 Å². The molecule has 2 aromatic rings. The molecule has 0 amide bonds. The zero-order valence-electron chi connectivity index (χ0n) is 8.67. The largest absolute Gasteiger partial charge is 0.312 e. The van der Waals surface area contributed by atoms with Gasteiger partial charge in [0.05, 0.1) is 6.04 Å². The first-order chi connectivity index (χ1) is 7.92. The highest BCUT2D eigenvalue weighted by atomic mass is 14.9. The second-order valence-corrected chi connectivity index (χ2v) is 3.38. The van der Waals surface area contributed by atoms with Crippen LogP contribution in [0.4, 0.5) is 0 Å². The fourth-order valence-electron chi connectivity index (χ4n) is 1.63. The summed E-state index contributed by atoms with van der Waals surface area (Å²) >= 11 is 0. The third-order valence-corrected chi connectivity index (χ3v) is 2.38. The quantitative estimate of drug-likeness (QED) is 0.623. The van der Waals surface area contributed by atoms with E-state index in [0.717, 1.165) is 11.1 Å². The molecule has 3 heteroatoms. The molecule has 0 saturated heterocycles. The van der Waals surface area contributed by atoms with Gasteiger partial charge in [-0.25, -0.2) is 0 Å². The number of pyridine rings is 1. The smallest absolute Gasteiger partial charge is 0.177 e. The lowest BCUT2D eigenvalue weighted by Crippen LogP contribution is -2.16. The van der Waals surface area contributed by atoms with Crippen LogP contribution in [-0.4, -0.2) is 4.98 Å². The standard InChI is InChI=1S/C13H11N3/c14-10-16-13(11-4-2-1-3-5-11)12-6-8-15-9-7-12/h1-9,13,16H. The lowest BCUT2D eigenvalue weighted by atomic mass is 10.0. The molecule has 0 radical (unpaired) electrons. The van der Waals surface area contributed by atoms with E-state index >= 15 is 0 Å². The van der Waals surface area contributed by atoms with Gasteiger partial charge < -0.3 is 5.32 Å². The Kier molecular flexibility index (Phi) is 3.15. The van der Waals surface area contributed by atoms with E-state index < -0.39 is 0 Å². The molecule has 1 atom stereocenters. The Morgan fingerprint density at radius 1 is 1.00 bits per heavy atom. The lowest BCUT2D eigenvalue weighted by molar-refractivity contribution is 0.739. The molecular formula is C13H11N3. The van der Waals surface area contributed by atoms with Crippen LogP contribution in [0.1, 0.15) is 17.2 Å². The molecule has 0 aliphatic heterocycles. The predicted octanol–water partition coefficient (Wildman–Crippen LogP) is 2.24. The number of nitriles is 1. The zero-order valence-corrected chi connectivity index (χ0v) is 8.67. The highest BCUT2D eigenvalue weighted by Crippen LogP contribution is 2.20. The van der Waals surface area contributed by atoms with Gasteiger partial charge in [-0.3, -0.25) is 4.98 Å². The van der Waals surface area contributed by atoms with Gasteiger partial charge in [0.15, 0.2) is 6.19 Å². The number of nitrogens with one attached hydrogen (secondary N) is 1. The third kappa shape index (κ3) is 2.18. The van der Waals surface area contributed by atoms with E-state index in [-0.39, 0.29) is 6.04 Å². The lowest BCUT2D eigenvalue weighted by Gasteiger charge is -2.15. The van der Waals surface area contributed by atoms with Crippen molar-refractivity contribution in [2.24, 2.45) is 0 Å². The Morgan fingerprint density at radius 2 is 1.62 bits per heavy atom. The molecule has 0 aliphatic rings. The summed E-state index contributed by atoms with van der Waals surface area (Å²) in [4.78, 5) is 3.97. The molecule has 0 saturated carbocycles. The molecular weight excluding hydrogens is 198 g/mol. The number of nitrogens with zero attached hydrogens (tertiary/aromatic N) is 2. The minimum absolute atomic E-state index is 0.103. The molecule has 0 bridgehead atoms. The summed E-state index contributed by atoms with van der Waals surface area (Å²) < 4.78 is 0. The average molecular weight is 209 g/mol. The van der Waals surface area contributed by atoms with Crippen LogP contribution in [0, 0.1) is 11.5 Å². The van der Waals surface area contributed by atoms with Crippen molar-refractivity contribution in [1.29, 1.82) is 5.26 Å². The molecule has 0 fully saturated rings. The van der Waals surface area contributed by atoms with Gasteiger partial charge in [-0.05, 0) is 23.3 Å². The SMILES string of the molecule is N#CNC(c1ccccc1)c1ccncc1. The van der Waals surface area contributed by atoms with Crippen LogP contribution < -0.4 is 5.32 Å². The first-order valence-corrected chi connectivity index (χ1v) is 5.01. The summed E-state index contributed by atoms with van der Waals surface area (Å²) in [6, 6.07) is 13.6. The summed E-state index contributed by atoms with van der Waals surface area (Å²) in [6.45, 7) is 0. The van der Waals surface area contributed by atoms with Crippen LogP contribution in [0.15, 0.2) is 54.9 Å². The van der Waals surface area contributed by atoms with Gasteiger partial charge in [0.25, 0.3) is 0 Å². The summed E-state index contributed by atoms with van der Waals surface area (Å²) in [5.41, 5.74) is 2.10. The van der Waals surface area contributed by atoms with E-state index in [1.54, 1.807) is 12.4 Å². The summed E-state index contributed by atoms with van der Waals surface area (Å²) in [5, 5.41) is 11.6. The van der Waals surface area contributed by atoms with Crippen LogP contribution in [0.3, 0.4) is 0 Å². The minimum Gasteiger partial charge on any atom is -0.312 e. The molecule has 0 aliphatic carbocycles. The maximum Gasteiger partial charge on any atom is 0.177 e. The van der Waals surface area contributed by atoms with Crippen LogP contribution in [0.2, 0.25) is 0 Å². The highest BCUT2D eigenvalue weighted by molar-refractivity contribution is 5.30. The van der Waals surface area contributed by atoms with Gasteiger partial charge in [0, 0.05) is 12.4 Å². The van der Waals surface area contributed by atoms with Gasteiger partial charge in [0.2, 0.25) is 0 Å². The average Bonchev–Trinajstić information content (AvgIpc) is 2.38. The van der Waals surface area contributed by atoms with E-state index in [9.17, 15) is 0 Å². The molecule has 1 aromatic carbocycles. The molecule has 16 heavy (non-hydrogen) atoms. The fourth-order valence-corrected chi connectivity index (χ4v) is 1.63. The van der Waals surface area contributed by atoms with Crippen LogP contribution in [-0.2, 0) is 0 Å². The number of hydrogen-bond acceptors (Lipinski definition) is 3. The highest BCUT2D eigenvalue weighted by Gasteiger charge is 2.11. The second kappa shape index (κ2) is 4.94. The monoisotopic (exact) mass is 209 g/mol. The Morgan fingerprint density at radius 3 is 2.25 bits per heavy atom. The Hall–Kier alpha value is -2.34.